The minimum absolute atomic E-state index is 0.0523. The smallest absolute Gasteiger partial charge is 0.410 e. The van der Waals surface area contributed by atoms with Crippen LogP contribution >= 0.6 is 22.7 Å². The Morgan fingerprint density at radius 2 is 1.69 bits per heavy atom. The molecular formula is C21H31N3O3S2. The van der Waals surface area contributed by atoms with Crippen LogP contribution in [-0.4, -0.2) is 35.7 Å². The van der Waals surface area contributed by atoms with Crippen molar-refractivity contribution in [3.8, 4) is 0 Å². The van der Waals surface area contributed by atoms with E-state index in [2.05, 4.69) is 17.6 Å². The summed E-state index contributed by atoms with van der Waals surface area (Å²) in [5.41, 5.74) is 0. The zero-order chi connectivity index (χ0) is 21.1. The molecule has 0 fully saturated rings. The minimum atomic E-state index is -0.362. The Balaban J connectivity index is 1.95. The molecule has 1 unspecified atom stereocenters. The molecule has 160 valence electrons. The lowest BCUT2D eigenvalue weighted by molar-refractivity contribution is 0.0880. The average Bonchev–Trinajstić information content (AvgIpc) is 3.36. The van der Waals surface area contributed by atoms with E-state index < -0.39 is 0 Å². The zero-order valence-corrected chi connectivity index (χ0v) is 19.0. The highest BCUT2D eigenvalue weighted by Crippen LogP contribution is 2.18. The largest absolute Gasteiger partial charge is 0.447 e. The molecule has 0 aliphatic rings. The Kier molecular flexibility index (Phi) is 10.0. The van der Waals surface area contributed by atoms with Gasteiger partial charge in [0.2, 0.25) is 0 Å². The predicted octanol–water partition coefficient (Wildman–Crippen LogP) is 5.21. The number of amides is 3. The molecule has 2 N–H and O–H groups in total. The van der Waals surface area contributed by atoms with Gasteiger partial charge in [0.15, 0.2) is 0 Å². The van der Waals surface area contributed by atoms with Crippen LogP contribution in [0.3, 0.4) is 0 Å². The fourth-order valence-electron chi connectivity index (χ4n) is 2.77. The van der Waals surface area contributed by atoms with Crippen LogP contribution in [0.2, 0.25) is 0 Å². The van der Waals surface area contributed by atoms with Crippen molar-refractivity contribution in [2.45, 2.75) is 65.2 Å². The van der Waals surface area contributed by atoms with Crippen LogP contribution in [0.5, 0.6) is 0 Å². The molecule has 2 aromatic rings. The fourth-order valence-corrected chi connectivity index (χ4v) is 4.21. The number of thiophene rings is 2. The van der Waals surface area contributed by atoms with E-state index in [1.165, 1.54) is 0 Å². The maximum Gasteiger partial charge on any atom is 0.410 e. The first-order valence-electron chi connectivity index (χ1n) is 10.0. The van der Waals surface area contributed by atoms with Crippen molar-refractivity contribution in [1.29, 1.82) is 0 Å². The molecule has 0 saturated carbocycles. The molecule has 8 heteroatoms. The van der Waals surface area contributed by atoms with E-state index in [1.807, 2.05) is 48.9 Å². The summed E-state index contributed by atoms with van der Waals surface area (Å²) in [5.74, 6) is 0. The SMILES string of the molecule is CCCCC(COC(=O)N(Cc1cccs1)Cc1cccs1)NC(=O)NC(C)C. The van der Waals surface area contributed by atoms with Gasteiger partial charge in [0.1, 0.15) is 6.61 Å². The molecule has 0 aliphatic carbocycles. The van der Waals surface area contributed by atoms with Gasteiger partial charge in [0, 0.05) is 15.8 Å². The van der Waals surface area contributed by atoms with E-state index in [0.717, 1.165) is 29.0 Å². The molecule has 2 heterocycles. The predicted molar refractivity (Wildman–Crippen MR) is 119 cm³/mol. The third-order valence-corrected chi connectivity index (χ3v) is 5.90. The molecule has 6 nitrogen and oxygen atoms in total. The number of ether oxygens (including phenoxy) is 1. The first kappa shape index (κ1) is 23.2. The molecule has 3 amide bonds. The number of nitrogens with one attached hydrogen (secondary N) is 2. The molecule has 1 atom stereocenters. The lowest BCUT2D eigenvalue weighted by Crippen LogP contribution is -2.47. The number of carbonyl (C=O) groups is 2. The van der Waals surface area contributed by atoms with Gasteiger partial charge in [-0.1, -0.05) is 31.9 Å². The van der Waals surface area contributed by atoms with Gasteiger partial charge in [-0.25, -0.2) is 9.59 Å². The van der Waals surface area contributed by atoms with Crippen LogP contribution in [0.15, 0.2) is 35.0 Å². The van der Waals surface area contributed by atoms with Gasteiger partial charge in [0.05, 0.1) is 19.1 Å². The summed E-state index contributed by atoms with van der Waals surface area (Å²) in [7, 11) is 0. The van der Waals surface area contributed by atoms with Gasteiger partial charge >= 0.3 is 12.1 Å². The summed E-state index contributed by atoms with van der Waals surface area (Å²) < 4.78 is 5.62. The topological polar surface area (TPSA) is 70.7 Å². The van der Waals surface area contributed by atoms with Crippen molar-refractivity contribution in [1.82, 2.24) is 15.5 Å². The number of carbonyl (C=O) groups excluding carboxylic acids is 2. The Hall–Kier alpha value is -2.06. The van der Waals surface area contributed by atoms with Crippen molar-refractivity contribution in [2.24, 2.45) is 0 Å². The van der Waals surface area contributed by atoms with Crippen molar-refractivity contribution in [3.63, 3.8) is 0 Å². The minimum Gasteiger partial charge on any atom is -0.447 e. The zero-order valence-electron chi connectivity index (χ0n) is 17.3. The van der Waals surface area contributed by atoms with Gasteiger partial charge in [-0.05, 0) is 43.2 Å². The molecule has 2 rings (SSSR count). The van der Waals surface area contributed by atoms with E-state index in [4.69, 9.17) is 4.74 Å². The summed E-state index contributed by atoms with van der Waals surface area (Å²) >= 11 is 3.24. The molecular weight excluding hydrogens is 406 g/mol. The lowest BCUT2D eigenvalue weighted by Gasteiger charge is -2.24. The molecule has 0 radical (unpaired) electrons. The first-order valence-corrected chi connectivity index (χ1v) is 11.8. The highest BCUT2D eigenvalue weighted by Gasteiger charge is 2.20. The van der Waals surface area contributed by atoms with Crippen LogP contribution in [0.4, 0.5) is 9.59 Å². The Morgan fingerprint density at radius 3 is 2.17 bits per heavy atom. The van der Waals surface area contributed by atoms with E-state index in [9.17, 15) is 9.59 Å². The second-order valence-corrected chi connectivity index (χ2v) is 9.27. The molecule has 0 aliphatic heterocycles. The maximum absolute atomic E-state index is 12.8. The number of hydrogen-bond acceptors (Lipinski definition) is 5. The van der Waals surface area contributed by atoms with Crippen molar-refractivity contribution in [3.05, 3.63) is 44.8 Å². The van der Waals surface area contributed by atoms with E-state index >= 15 is 0 Å². The summed E-state index contributed by atoms with van der Waals surface area (Å²) in [6.07, 6.45) is 2.38. The fraction of sp³-hybridized carbons (Fsp3) is 0.524. The molecule has 0 saturated heterocycles. The Labute approximate surface area is 181 Å². The molecule has 0 spiro atoms. The normalized spacial score (nSPS) is 11.9. The van der Waals surface area contributed by atoms with Crippen LogP contribution in [0.1, 0.15) is 49.8 Å². The standard InChI is InChI=1S/C21H31N3O3S2/c1-4-5-8-17(23-20(25)22-16(2)3)15-27-21(26)24(13-18-9-6-11-28-18)14-19-10-7-12-29-19/h6-7,9-12,16-17H,4-5,8,13-15H2,1-3H3,(H2,22,23,25). The van der Waals surface area contributed by atoms with Crippen molar-refractivity contribution >= 4 is 34.8 Å². The number of rotatable bonds is 11. The highest BCUT2D eigenvalue weighted by atomic mass is 32.1. The molecule has 2 aromatic heterocycles. The Bertz CT molecular complexity index is 681. The van der Waals surface area contributed by atoms with Crippen LogP contribution in [0, 0.1) is 0 Å². The first-order chi connectivity index (χ1) is 14.0. The van der Waals surface area contributed by atoms with Gasteiger partial charge < -0.3 is 15.4 Å². The molecule has 0 bridgehead atoms. The van der Waals surface area contributed by atoms with Gasteiger partial charge in [-0.3, -0.25) is 4.90 Å². The number of hydrogen-bond donors (Lipinski definition) is 2. The van der Waals surface area contributed by atoms with Crippen molar-refractivity contribution in [2.75, 3.05) is 6.61 Å². The lowest BCUT2D eigenvalue weighted by atomic mass is 10.1. The van der Waals surface area contributed by atoms with E-state index in [1.54, 1.807) is 27.6 Å². The highest BCUT2D eigenvalue weighted by molar-refractivity contribution is 7.10. The summed E-state index contributed by atoms with van der Waals surface area (Å²) in [6, 6.07) is 7.60. The summed E-state index contributed by atoms with van der Waals surface area (Å²) in [6.45, 7) is 7.10. The molecule has 0 aromatic carbocycles. The number of urea groups is 1. The van der Waals surface area contributed by atoms with Gasteiger partial charge in [-0.15, -0.1) is 22.7 Å². The van der Waals surface area contributed by atoms with Crippen molar-refractivity contribution < 1.29 is 14.3 Å². The molecule has 29 heavy (non-hydrogen) atoms. The van der Waals surface area contributed by atoms with E-state index in [0.29, 0.717) is 13.1 Å². The second-order valence-electron chi connectivity index (χ2n) is 7.20. The average molecular weight is 438 g/mol. The maximum atomic E-state index is 12.8. The summed E-state index contributed by atoms with van der Waals surface area (Å²) in [4.78, 5) is 28.8. The van der Waals surface area contributed by atoms with Gasteiger partial charge in [-0.2, -0.15) is 0 Å². The monoisotopic (exact) mass is 437 g/mol. The van der Waals surface area contributed by atoms with E-state index in [-0.39, 0.29) is 30.8 Å². The third kappa shape index (κ3) is 8.87. The van der Waals surface area contributed by atoms with Crippen LogP contribution < -0.4 is 10.6 Å². The van der Waals surface area contributed by atoms with Gasteiger partial charge in [0.25, 0.3) is 0 Å². The second kappa shape index (κ2) is 12.5. The third-order valence-electron chi connectivity index (χ3n) is 4.18. The quantitative estimate of drug-likeness (QED) is 0.507. The number of nitrogens with zero attached hydrogens (tertiary/aromatic N) is 1. The van der Waals surface area contributed by atoms with Crippen LogP contribution in [0.25, 0.3) is 0 Å². The summed E-state index contributed by atoms with van der Waals surface area (Å²) in [5, 5.41) is 9.75. The van der Waals surface area contributed by atoms with Crippen LogP contribution in [-0.2, 0) is 17.8 Å². The Morgan fingerprint density at radius 1 is 1.07 bits per heavy atom. The number of unbranched alkanes of at least 4 members (excludes halogenated alkanes) is 1.